The summed E-state index contributed by atoms with van der Waals surface area (Å²) in [5.41, 5.74) is 7.41. The van der Waals surface area contributed by atoms with Gasteiger partial charge in [0.1, 0.15) is 6.04 Å². The van der Waals surface area contributed by atoms with Gasteiger partial charge in [-0.1, -0.05) is 6.07 Å². The monoisotopic (exact) mass is 968 g/mol. The molecule has 2 aromatic carbocycles. The van der Waals surface area contributed by atoms with Crippen LogP contribution in [0.4, 0.5) is 26.0 Å². The number of fused-ring (bicyclic) bond motifs is 4. The van der Waals surface area contributed by atoms with Crippen molar-refractivity contribution in [3.8, 4) is 11.1 Å². The topological polar surface area (TPSA) is 158 Å². The van der Waals surface area contributed by atoms with Gasteiger partial charge >= 0.3 is 0 Å². The number of halogens is 2. The Balaban J connectivity index is 0.768. The average molecular weight is 969 g/mol. The minimum atomic E-state index is -2.73. The molecule has 0 aliphatic carbocycles. The summed E-state index contributed by atoms with van der Waals surface area (Å²) in [4.78, 5) is 78.7. The zero-order valence-electron chi connectivity index (χ0n) is 40.0. The summed E-state index contributed by atoms with van der Waals surface area (Å²) in [5.74, 6) is -0.838. The smallest absolute Gasteiger partial charge is 0.264 e. The van der Waals surface area contributed by atoms with Crippen LogP contribution in [0.2, 0.25) is 0 Å². The summed E-state index contributed by atoms with van der Waals surface area (Å²) in [7, 11) is 0. The molecule has 0 saturated carbocycles. The Bertz CT molecular complexity index is 2990. The number of hydrogen-bond donors (Lipinski definition) is 1. The maximum absolute atomic E-state index is 15.6. The van der Waals surface area contributed by atoms with Gasteiger partial charge in [0.2, 0.25) is 17.7 Å². The highest BCUT2D eigenvalue weighted by atomic mass is 19.3. The largest absolute Gasteiger partial charge is 0.381 e. The number of likely N-dealkylation sites (tertiary alicyclic amines) is 1. The summed E-state index contributed by atoms with van der Waals surface area (Å²) in [6, 6.07) is 10.3. The van der Waals surface area contributed by atoms with Crippen molar-refractivity contribution in [3.05, 3.63) is 88.5 Å². The summed E-state index contributed by atoms with van der Waals surface area (Å²) in [6.07, 6.45) is 9.77. The molecule has 71 heavy (non-hydrogen) atoms. The van der Waals surface area contributed by atoms with E-state index in [1.807, 2.05) is 23.1 Å². The molecule has 370 valence electrons. The zero-order valence-corrected chi connectivity index (χ0v) is 40.0. The van der Waals surface area contributed by atoms with Crippen LogP contribution in [0.5, 0.6) is 0 Å². The molecule has 1 N–H and O–H groups in total. The third-order valence-electron chi connectivity index (χ3n) is 16.4. The predicted octanol–water partition coefficient (Wildman–Crippen LogP) is 6.74. The molecule has 0 bridgehead atoms. The van der Waals surface area contributed by atoms with E-state index in [1.54, 1.807) is 37.5 Å². The van der Waals surface area contributed by atoms with Crippen LogP contribution in [0, 0.1) is 5.92 Å². The molecule has 1 unspecified atom stereocenters. The van der Waals surface area contributed by atoms with E-state index >= 15 is 8.78 Å². The molecule has 4 saturated heterocycles. The van der Waals surface area contributed by atoms with Crippen LogP contribution in [0.15, 0.2) is 55.0 Å². The van der Waals surface area contributed by atoms with Crippen LogP contribution in [0.25, 0.3) is 22.0 Å². The Morgan fingerprint density at radius 3 is 2.48 bits per heavy atom. The fourth-order valence-corrected chi connectivity index (χ4v) is 12.7. The van der Waals surface area contributed by atoms with E-state index in [1.165, 1.54) is 0 Å². The fourth-order valence-electron chi connectivity index (χ4n) is 12.7. The lowest BCUT2D eigenvalue weighted by molar-refractivity contribution is -0.136. The van der Waals surface area contributed by atoms with Crippen molar-refractivity contribution in [1.29, 1.82) is 0 Å². The molecule has 0 radical (unpaired) electrons. The first-order valence-electron chi connectivity index (χ1n) is 25.4. The Kier molecular flexibility index (Phi) is 11.7. The number of amides is 5. The number of aryl methyl sites for hydroxylation is 1. The van der Waals surface area contributed by atoms with Gasteiger partial charge in [-0.2, -0.15) is 5.10 Å². The van der Waals surface area contributed by atoms with E-state index in [0.717, 1.165) is 114 Å². The standard InChI is InChI=1S/C53H58F2N10O6/c1-31(66)61-21-13-43-41(29-61)50(58-65(43)34-14-22-71-23-15-34)62-17-3-4-33-24-37(38(49(54)55)25-46(33)62)40-30-63(42-9-16-56-26-39(40)42)35-12-18-59(28-35)27-32-10-19-60(20-11-32)44-6-2-5-36-48(44)53(70)64(52(36)69)45-7-8-47(67)57-51(45)68/h2,5-6,9,16,24-26,30,32,34-35,45,49H,3-4,7-8,10-15,17-23,27-29H2,1H3,(H,57,67,68)/t35-,45?/m0/s1. The highest BCUT2D eigenvalue weighted by Crippen LogP contribution is 2.46. The normalized spacial score (nSPS) is 22.5. The third kappa shape index (κ3) is 7.97. The van der Waals surface area contributed by atoms with Crippen molar-refractivity contribution < 1.29 is 37.5 Å². The van der Waals surface area contributed by atoms with Gasteiger partial charge in [0.05, 0.1) is 34.9 Å². The second-order valence-corrected chi connectivity index (χ2v) is 20.5. The molecule has 5 aromatic rings. The number of ether oxygens (including phenoxy) is 1. The van der Waals surface area contributed by atoms with Crippen molar-refractivity contribution >= 4 is 57.6 Å². The number of carbonyl (C=O) groups is 5. The van der Waals surface area contributed by atoms with Gasteiger partial charge in [-0.15, -0.1) is 0 Å². The maximum atomic E-state index is 15.6. The number of hydrogen-bond acceptors (Lipinski definition) is 11. The average Bonchev–Trinajstić information content (AvgIpc) is 4.16. The van der Waals surface area contributed by atoms with Gasteiger partial charge in [0.15, 0.2) is 5.82 Å². The third-order valence-corrected chi connectivity index (χ3v) is 16.4. The van der Waals surface area contributed by atoms with E-state index in [-0.39, 0.29) is 42.0 Å². The first-order valence-corrected chi connectivity index (χ1v) is 25.4. The van der Waals surface area contributed by atoms with Crippen molar-refractivity contribution in [2.45, 2.75) is 102 Å². The lowest BCUT2D eigenvalue weighted by Gasteiger charge is -2.36. The Labute approximate surface area is 409 Å². The van der Waals surface area contributed by atoms with Gasteiger partial charge in [-0.05, 0) is 98.7 Å². The number of benzene rings is 2. The molecule has 16 nitrogen and oxygen atoms in total. The van der Waals surface area contributed by atoms with Crippen LogP contribution in [0.1, 0.15) is 120 Å². The minimum Gasteiger partial charge on any atom is -0.381 e. The number of alkyl halides is 2. The number of aromatic nitrogens is 4. The van der Waals surface area contributed by atoms with Crippen LogP contribution in [0.3, 0.4) is 0 Å². The number of rotatable bonds is 9. The molecule has 7 aliphatic heterocycles. The fraction of sp³-hybridized carbons (Fsp3) is 0.491. The quantitative estimate of drug-likeness (QED) is 0.156. The second-order valence-electron chi connectivity index (χ2n) is 20.5. The molecule has 10 heterocycles. The van der Waals surface area contributed by atoms with Crippen LogP contribution < -0.4 is 15.1 Å². The van der Waals surface area contributed by atoms with Gasteiger partial charge in [-0.3, -0.25) is 43.9 Å². The molecule has 3 aromatic heterocycles. The first kappa shape index (κ1) is 45.6. The second kappa shape index (κ2) is 18.3. The Morgan fingerprint density at radius 2 is 1.69 bits per heavy atom. The molecular formula is C53H58F2N10O6. The highest BCUT2D eigenvalue weighted by molar-refractivity contribution is 6.25. The van der Waals surface area contributed by atoms with Crippen LogP contribution in [-0.4, -0.2) is 129 Å². The summed E-state index contributed by atoms with van der Waals surface area (Å²) >= 11 is 0. The van der Waals surface area contributed by atoms with Gasteiger partial charge in [-0.25, -0.2) is 8.78 Å². The number of carbonyl (C=O) groups excluding carboxylic acids is 5. The lowest BCUT2D eigenvalue weighted by Crippen LogP contribution is -2.54. The molecule has 12 rings (SSSR count). The predicted molar refractivity (Wildman–Crippen MR) is 260 cm³/mol. The van der Waals surface area contributed by atoms with Gasteiger partial charge in [0, 0.05) is 137 Å². The van der Waals surface area contributed by atoms with E-state index in [0.29, 0.717) is 75.1 Å². The number of pyridine rings is 1. The maximum Gasteiger partial charge on any atom is 0.264 e. The zero-order chi connectivity index (χ0) is 48.7. The van der Waals surface area contributed by atoms with Crippen LogP contribution in [-0.2, 0) is 38.5 Å². The number of anilines is 3. The molecule has 0 spiro atoms. The van der Waals surface area contributed by atoms with Crippen molar-refractivity contribution in [1.82, 2.24) is 39.3 Å². The highest BCUT2D eigenvalue weighted by Gasteiger charge is 2.46. The molecule has 2 atom stereocenters. The molecule has 18 heteroatoms. The summed E-state index contributed by atoms with van der Waals surface area (Å²) in [5, 5.41) is 8.39. The lowest BCUT2D eigenvalue weighted by atomic mass is 9.91. The van der Waals surface area contributed by atoms with Gasteiger partial charge < -0.3 is 28.9 Å². The molecular weight excluding hydrogens is 911 g/mol. The number of imide groups is 2. The van der Waals surface area contributed by atoms with E-state index in [2.05, 4.69) is 40.4 Å². The molecule has 5 amide bonds. The number of nitrogens with one attached hydrogen (secondary N) is 1. The van der Waals surface area contributed by atoms with Crippen molar-refractivity contribution in [2.75, 3.05) is 68.8 Å². The van der Waals surface area contributed by atoms with Crippen molar-refractivity contribution in [2.24, 2.45) is 5.92 Å². The minimum absolute atomic E-state index is 0.0111. The van der Waals surface area contributed by atoms with Crippen LogP contribution >= 0.6 is 0 Å². The van der Waals surface area contributed by atoms with E-state index in [9.17, 15) is 24.0 Å². The Hall–Kier alpha value is -6.53. The SMILES string of the molecule is CC(=O)N1CCc2c(c(N3CCCc4cc(-c5cn([C@H]6CCN(CC7CCN(c8cccc9c8C(=O)N(C8CCC(=O)NC8=O)C9=O)CC7)C6)c6ccncc56)c(C(F)F)cc43)nn2C2CCOCC2)C1. The van der Waals surface area contributed by atoms with E-state index < -0.39 is 36.1 Å². The van der Waals surface area contributed by atoms with Crippen molar-refractivity contribution in [3.63, 3.8) is 0 Å². The molecule has 7 aliphatic rings. The number of nitrogens with zero attached hydrogens (tertiary/aromatic N) is 9. The number of piperidine rings is 2. The Morgan fingerprint density at radius 1 is 0.859 bits per heavy atom. The van der Waals surface area contributed by atoms with E-state index in [4.69, 9.17) is 9.84 Å². The van der Waals surface area contributed by atoms with Gasteiger partial charge in [0.25, 0.3) is 18.2 Å². The molecule has 4 fully saturated rings. The summed E-state index contributed by atoms with van der Waals surface area (Å²) < 4.78 is 41.3. The summed E-state index contributed by atoms with van der Waals surface area (Å²) in [6.45, 7) is 8.68. The first-order chi connectivity index (χ1) is 34.5.